The Hall–Kier alpha value is -3.47. The molecule has 1 amide bonds. The van der Waals surface area contributed by atoms with Crippen LogP contribution in [0.2, 0.25) is 0 Å². The Bertz CT molecular complexity index is 1160. The van der Waals surface area contributed by atoms with E-state index in [1.807, 2.05) is 36.4 Å². The molecule has 0 unspecified atom stereocenters. The van der Waals surface area contributed by atoms with Crippen LogP contribution in [0.15, 0.2) is 72.8 Å². The van der Waals surface area contributed by atoms with Crippen LogP contribution >= 0.6 is 0 Å². The number of carboxylic acids is 1. The van der Waals surface area contributed by atoms with Crippen molar-refractivity contribution in [1.29, 1.82) is 0 Å². The largest absolute Gasteiger partial charge is 0.478 e. The lowest BCUT2D eigenvalue weighted by molar-refractivity contribution is -0.120. The zero-order valence-corrected chi connectivity index (χ0v) is 15.5. The first-order valence-electron chi connectivity index (χ1n) is 9.50. The van der Waals surface area contributed by atoms with E-state index < -0.39 is 11.4 Å². The van der Waals surface area contributed by atoms with Crippen molar-refractivity contribution >= 4 is 17.6 Å². The molecule has 5 rings (SSSR count). The highest BCUT2D eigenvalue weighted by atomic mass is 19.1. The number of anilines is 1. The van der Waals surface area contributed by atoms with Crippen molar-refractivity contribution in [3.8, 4) is 0 Å². The third-order valence-corrected chi connectivity index (χ3v) is 6.03. The van der Waals surface area contributed by atoms with Crippen molar-refractivity contribution in [2.45, 2.75) is 24.3 Å². The summed E-state index contributed by atoms with van der Waals surface area (Å²) in [6.07, 6.45) is 0.651. The minimum absolute atomic E-state index is 0.00584. The number of nitrogens with zero attached hydrogens (tertiary/aromatic N) is 1. The van der Waals surface area contributed by atoms with E-state index in [2.05, 4.69) is 0 Å². The Morgan fingerprint density at radius 3 is 2.66 bits per heavy atom. The van der Waals surface area contributed by atoms with Gasteiger partial charge in [-0.2, -0.15) is 0 Å². The lowest BCUT2D eigenvalue weighted by Gasteiger charge is -2.19. The van der Waals surface area contributed by atoms with Gasteiger partial charge in [-0.25, -0.2) is 9.18 Å². The fourth-order valence-electron chi connectivity index (χ4n) is 4.62. The number of hydrogen-bond acceptors (Lipinski definition) is 2. The minimum atomic E-state index is -0.996. The number of amides is 1. The summed E-state index contributed by atoms with van der Waals surface area (Å²) in [4.78, 5) is 26.6. The Morgan fingerprint density at radius 1 is 1.07 bits per heavy atom. The molecule has 1 fully saturated rings. The van der Waals surface area contributed by atoms with Gasteiger partial charge in [0.2, 0.25) is 5.91 Å². The lowest BCUT2D eigenvalue weighted by Crippen LogP contribution is -2.32. The van der Waals surface area contributed by atoms with Crippen LogP contribution in [0.25, 0.3) is 0 Å². The summed E-state index contributed by atoms with van der Waals surface area (Å²) in [7, 11) is 0. The van der Waals surface area contributed by atoms with Crippen molar-refractivity contribution < 1.29 is 19.1 Å². The first kappa shape index (κ1) is 17.6. The van der Waals surface area contributed by atoms with Gasteiger partial charge in [0, 0.05) is 11.6 Å². The van der Waals surface area contributed by atoms with E-state index in [1.54, 1.807) is 23.1 Å². The van der Waals surface area contributed by atoms with Gasteiger partial charge in [0.25, 0.3) is 0 Å². The molecule has 0 aromatic heterocycles. The second-order valence-corrected chi connectivity index (χ2v) is 7.70. The molecule has 1 saturated carbocycles. The van der Waals surface area contributed by atoms with Crippen LogP contribution in [-0.4, -0.2) is 17.0 Å². The molecular weight excluding hydrogens is 369 g/mol. The number of carbonyl (C=O) groups excluding carboxylic acids is 1. The quantitative estimate of drug-likeness (QED) is 0.717. The highest BCUT2D eigenvalue weighted by molar-refractivity contribution is 6.11. The van der Waals surface area contributed by atoms with Crippen molar-refractivity contribution in [3.63, 3.8) is 0 Å². The van der Waals surface area contributed by atoms with Crippen molar-refractivity contribution in [1.82, 2.24) is 0 Å². The van der Waals surface area contributed by atoms with E-state index in [9.17, 15) is 19.1 Å². The van der Waals surface area contributed by atoms with Crippen LogP contribution in [0.1, 0.15) is 39.4 Å². The smallest absolute Gasteiger partial charge is 0.335 e. The maximum Gasteiger partial charge on any atom is 0.335 e. The summed E-state index contributed by atoms with van der Waals surface area (Å²) >= 11 is 0. The first-order valence-corrected chi connectivity index (χ1v) is 9.50. The minimum Gasteiger partial charge on any atom is -0.478 e. The Kier molecular flexibility index (Phi) is 3.81. The third kappa shape index (κ3) is 2.65. The number of para-hydroxylation sites is 1. The Labute approximate surface area is 167 Å². The molecular formula is C24H18FNO3. The summed E-state index contributed by atoms with van der Waals surface area (Å²) in [6, 6.07) is 20.8. The normalized spacial score (nSPS) is 22.0. The first-order chi connectivity index (χ1) is 14.0. The van der Waals surface area contributed by atoms with Crippen LogP contribution in [0.5, 0.6) is 0 Å². The molecule has 1 aliphatic carbocycles. The van der Waals surface area contributed by atoms with E-state index in [0.717, 1.165) is 22.4 Å². The second kappa shape index (κ2) is 6.27. The van der Waals surface area contributed by atoms with Gasteiger partial charge < -0.3 is 10.0 Å². The molecule has 1 aliphatic heterocycles. The fourth-order valence-corrected chi connectivity index (χ4v) is 4.62. The molecule has 5 heteroatoms. The maximum absolute atomic E-state index is 13.7. The average Bonchev–Trinajstić information content (AvgIpc) is 3.44. The van der Waals surface area contributed by atoms with Gasteiger partial charge >= 0.3 is 5.97 Å². The molecule has 0 radical (unpaired) electrons. The number of fused-ring (bicyclic) bond motifs is 2. The zero-order chi connectivity index (χ0) is 20.2. The van der Waals surface area contributed by atoms with Gasteiger partial charge in [-0.05, 0) is 53.4 Å². The molecule has 2 aliphatic rings. The molecule has 3 aromatic rings. The summed E-state index contributed by atoms with van der Waals surface area (Å²) in [5.41, 5.74) is 2.94. The van der Waals surface area contributed by atoms with E-state index in [-0.39, 0.29) is 23.2 Å². The monoisotopic (exact) mass is 387 g/mol. The molecule has 4 nitrogen and oxygen atoms in total. The topological polar surface area (TPSA) is 57.6 Å². The van der Waals surface area contributed by atoms with E-state index in [0.29, 0.717) is 13.0 Å². The predicted octanol–water partition coefficient (Wildman–Crippen LogP) is 4.50. The standard InChI is InChI=1S/C24H18FNO3/c25-18-8-4-6-16(12-18)20-13-24(20)19-9-1-2-10-21(19)26(23(24)29)14-15-5-3-7-17(11-15)22(27)28/h1-12,20H,13-14H2,(H,27,28)/t20-,24-/m1/s1. The summed E-state index contributed by atoms with van der Waals surface area (Å²) in [5, 5.41) is 9.24. The SMILES string of the molecule is O=C(O)c1cccc(CN2C(=O)[C@]3(C[C@@H]3c3cccc(F)c3)c3ccccc32)c1. The Morgan fingerprint density at radius 2 is 1.86 bits per heavy atom. The van der Waals surface area contributed by atoms with Crippen LogP contribution in [0.3, 0.4) is 0 Å². The summed E-state index contributed by atoms with van der Waals surface area (Å²) in [6.45, 7) is 0.300. The maximum atomic E-state index is 13.7. The fraction of sp³-hybridized carbons (Fsp3) is 0.167. The molecule has 29 heavy (non-hydrogen) atoms. The molecule has 1 spiro atoms. The molecule has 0 saturated heterocycles. The van der Waals surface area contributed by atoms with Crippen molar-refractivity contribution in [2.75, 3.05) is 4.90 Å². The van der Waals surface area contributed by atoms with Gasteiger partial charge in [0.1, 0.15) is 5.82 Å². The summed E-state index contributed by atoms with van der Waals surface area (Å²) in [5.74, 6) is -1.36. The van der Waals surface area contributed by atoms with Crippen LogP contribution in [-0.2, 0) is 16.8 Å². The molecule has 1 N–H and O–H groups in total. The van der Waals surface area contributed by atoms with Gasteiger partial charge in [-0.3, -0.25) is 4.79 Å². The van der Waals surface area contributed by atoms with Crippen LogP contribution in [0.4, 0.5) is 10.1 Å². The van der Waals surface area contributed by atoms with Crippen molar-refractivity contribution in [2.24, 2.45) is 0 Å². The van der Waals surface area contributed by atoms with Crippen LogP contribution in [0, 0.1) is 5.82 Å². The van der Waals surface area contributed by atoms with E-state index >= 15 is 0 Å². The molecule has 1 heterocycles. The highest BCUT2D eigenvalue weighted by Gasteiger charge is 2.67. The highest BCUT2D eigenvalue weighted by Crippen LogP contribution is 2.66. The second-order valence-electron chi connectivity index (χ2n) is 7.70. The summed E-state index contributed by atoms with van der Waals surface area (Å²) < 4.78 is 13.7. The van der Waals surface area contributed by atoms with Crippen molar-refractivity contribution in [3.05, 3.63) is 101 Å². The number of aromatic carboxylic acids is 1. The van der Waals surface area contributed by atoms with Gasteiger partial charge in [0.05, 0.1) is 17.5 Å². The molecule has 0 bridgehead atoms. The number of hydrogen-bond donors (Lipinski definition) is 1. The number of carbonyl (C=O) groups is 2. The Balaban J connectivity index is 1.52. The number of carboxylic acid groups (broad SMARTS) is 1. The predicted molar refractivity (Wildman–Crippen MR) is 106 cm³/mol. The molecule has 2 atom stereocenters. The van der Waals surface area contributed by atoms with Crippen LogP contribution < -0.4 is 4.90 Å². The number of benzene rings is 3. The number of halogens is 1. The van der Waals surface area contributed by atoms with Gasteiger partial charge in [-0.1, -0.05) is 42.5 Å². The van der Waals surface area contributed by atoms with E-state index in [4.69, 9.17) is 0 Å². The van der Waals surface area contributed by atoms with E-state index in [1.165, 1.54) is 18.2 Å². The molecule has 3 aromatic carbocycles. The average molecular weight is 387 g/mol. The van der Waals surface area contributed by atoms with Gasteiger partial charge in [0.15, 0.2) is 0 Å². The zero-order valence-electron chi connectivity index (χ0n) is 15.5. The van der Waals surface area contributed by atoms with Gasteiger partial charge in [-0.15, -0.1) is 0 Å². The lowest BCUT2D eigenvalue weighted by atomic mass is 9.92. The molecule has 144 valence electrons. The third-order valence-electron chi connectivity index (χ3n) is 6.03. The number of rotatable bonds is 4.